The van der Waals surface area contributed by atoms with E-state index in [-0.39, 0.29) is 5.69 Å². The van der Waals surface area contributed by atoms with Crippen molar-refractivity contribution < 1.29 is 9.53 Å². The fourth-order valence-electron chi connectivity index (χ4n) is 2.59. The molecule has 1 aromatic heterocycles. The van der Waals surface area contributed by atoms with Crippen LogP contribution in [0.25, 0.3) is 17.2 Å². The molecule has 3 aromatic rings. The summed E-state index contributed by atoms with van der Waals surface area (Å²) in [7, 11) is 1.33. The topological polar surface area (TPSA) is 39.2 Å². The van der Waals surface area contributed by atoms with Crippen LogP contribution in [-0.4, -0.2) is 18.1 Å². The van der Waals surface area contributed by atoms with Gasteiger partial charge < -0.3 is 4.74 Å². The molecule has 0 bridgehead atoms. The number of methoxy groups -OCH3 is 1. The summed E-state index contributed by atoms with van der Waals surface area (Å²) in [6.07, 6.45) is 5.38. The molecule has 0 unspecified atom stereocenters. The molecule has 0 saturated heterocycles. The van der Waals surface area contributed by atoms with Crippen molar-refractivity contribution in [3.8, 4) is 23.0 Å². The number of carbonyl (C=O) groups is 1. The first kappa shape index (κ1) is 18.2. The monoisotopic (exact) mass is 353 g/mol. The van der Waals surface area contributed by atoms with Crippen molar-refractivity contribution in [1.82, 2.24) is 4.98 Å². The molecule has 2 aromatic carbocycles. The molecule has 1 heterocycles. The Kier molecular flexibility index (Phi) is 5.81. The Morgan fingerprint density at radius 3 is 2.52 bits per heavy atom. The maximum Gasteiger partial charge on any atom is 0.356 e. The normalized spacial score (nSPS) is 10.3. The zero-order chi connectivity index (χ0) is 19.1. The second-order valence-corrected chi connectivity index (χ2v) is 5.98. The van der Waals surface area contributed by atoms with E-state index in [9.17, 15) is 4.79 Å². The zero-order valence-corrected chi connectivity index (χ0v) is 15.3. The van der Waals surface area contributed by atoms with Crippen LogP contribution >= 0.6 is 0 Å². The van der Waals surface area contributed by atoms with E-state index in [1.807, 2.05) is 24.3 Å². The van der Waals surface area contributed by atoms with Crippen molar-refractivity contribution in [2.45, 2.75) is 6.92 Å². The minimum Gasteiger partial charge on any atom is -0.464 e. The van der Waals surface area contributed by atoms with Gasteiger partial charge in [-0.3, -0.25) is 0 Å². The number of aromatic nitrogens is 1. The van der Waals surface area contributed by atoms with Gasteiger partial charge in [-0.15, -0.1) is 0 Å². The van der Waals surface area contributed by atoms with Gasteiger partial charge in [0.1, 0.15) is 5.69 Å². The maximum atomic E-state index is 11.4. The Balaban J connectivity index is 1.77. The summed E-state index contributed by atoms with van der Waals surface area (Å²) >= 11 is 0. The number of benzene rings is 2. The van der Waals surface area contributed by atoms with Crippen molar-refractivity contribution in [2.75, 3.05) is 7.11 Å². The second kappa shape index (κ2) is 8.64. The summed E-state index contributed by atoms with van der Waals surface area (Å²) in [5, 5.41) is 0. The molecule has 3 nitrogen and oxygen atoms in total. The predicted molar refractivity (Wildman–Crippen MR) is 108 cm³/mol. The molecule has 0 aliphatic heterocycles. The van der Waals surface area contributed by atoms with Gasteiger partial charge in [0.15, 0.2) is 0 Å². The van der Waals surface area contributed by atoms with Crippen LogP contribution in [0.1, 0.15) is 27.2 Å². The second-order valence-electron chi connectivity index (χ2n) is 5.98. The minimum atomic E-state index is -0.456. The van der Waals surface area contributed by atoms with E-state index in [1.54, 1.807) is 18.3 Å². The number of pyridine rings is 1. The highest BCUT2D eigenvalue weighted by molar-refractivity contribution is 5.87. The lowest BCUT2D eigenvalue weighted by molar-refractivity contribution is 0.0594. The van der Waals surface area contributed by atoms with Crippen LogP contribution in [0.3, 0.4) is 0 Å². The van der Waals surface area contributed by atoms with Crippen molar-refractivity contribution in [3.05, 3.63) is 95.3 Å². The number of nitrogens with zero attached hydrogens (tertiary/aromatic N) is 1. The molecular formula is C24H19NO2. The Labute approximate surface area is 159 Å². The molecule has 3 rings (SSSR count). The lowest BCUT2D eigenvalue weighted by Crippen LogP contribution is -2.03. The molecule has 0 spiro atoms. The molecule has 0 aliphatic rings. The predicted octanol–water partition coefficient (Wildman–Crippen LogP) is 4.91. The van der Waals surface area contributed by atoms with Gasteiger partial charge in [0.2, 0.25) is 0 Å². The first-order valence-corrected chi connectivity index (χ1v) is 8.56. The number of aryl methyl sites for hydroxylation is 1. The summed E-state index contributed by atoms with van der Waals surface area (Å²) in [5.41, 5.74) is 5.69. The summed E-state index contributed by atoms with van der Waals surface area (Å²) in [6.45, 7) is 2.08. The quantitative estimate of drug-likeness (QED) is 0.496. The van der Waals surface area contributed by atoms with Crippen molar-refractivity contribution in [1.29, 1.82) is 0 Å². The molecule has 27 heavy (non-hydrogen) atoms. The first-order valence-electron chi connectivity index (χ1n) is 8.56. The average molecular weight is 353 g/mol. The Morgan fingerprint density at radius 1 is 1.04 bits per heavy atom. The van der Waals surface area contributed by atoms with Crippen LogP contribution in [0.15, 0.2) is 72.9 Å². The third kappa shape index (κ3) is 4.71. The number of ether oxygens (including phenoxy) is 1. The van der Waals surface area contributed by atoms with E-state index in [0.717, 1.165) is 11.1 Å². The number of rotatable bonds is 3. The summed E-state index contributed by atoms with van der Waals surface area (Å²) in [4.78, 5) is 15.4. The van der Waals surface area contributed by atoms with Gasteiger partial charge in [0, 0.05) is 11.8 Å². The van der Waals surface area contributed by atoms with Gasteiger partial charge in [-0.25, -0.2) is 9.78 Å². The van der Waals surface area contributed by atoms with Crippen LogP contribution in [0.5, 0.6) is 0 Å². The molecule has 0 radical (unpaired) electrons. The summed E-state index contributed by atoms with van der Waals surface area (Å²) < 4.78 is 4.63. The number of hydrogen-bond donors (Lipinski definition) is 0. The van der Waals surface area contributed by atoms with Gasteiger partial charge in [-0.05, 0) is 47.9 Å². The number of hydrogen-bond acceptors (Lipinski definition) is 3. The van der Waals surface area contributed by atoms with Gasteiger partial charge >= 0.3 is 5.97 Å². The van der Waals surface area contributed by atoms with Crippen LogP contribution in [0.4, 0.5) is 0 Å². The number of esters is 1. The molecule has 0 saturated carbocycles. The van der Waals surface area contributed by atoms with E-state index in [2.05, 4.69) is 64.9 Å². The highest BCUT2D eigenvalue weighted by Gasteiger charge is 2.05. The van der Waals surface area contributed by atoms with Crippen molar-refractivity contribution >= 4 is 12.0 Å². The number of carbonyl (C=O) groups excluding carboxylic acids is 1. The fraction of sp³-hybridized carbons (Fsp3) is 0.0833. The maximum absolute atomic E-state index is 11.4. The third-order valence-corrected chi connectivity index (χ3v) is 4.04. The van der Waals surface area contributed by atoms with Crippen molar-refractivity contribution in [2.24, 2.45) is 0 Å². The third-order valence-electron chi connectivity index (χ3n) is 4.04. The molecule has 0 N–H and O–H groups in total. The molecule has 3 heteroatoms. The highest BCUT2D eigenvalue weighted by Crippen LogP contribution is 2.24. The van der Waals surface area contributed by atoms with Gasteiger partial charge in [0.05, 0.1) is 7.11 Å². The van der Waals surface area contributed by atoms with Gasteiger partial charge in [-0.2, -0.15) is 0 Å². The standard InChI is InChI=1S/C24H19NO2/c1-18-11-14-21(15-12-18)22-10-6-5-9-20(22)8-4-3-7-19-13-16-23(25-17-19)24(26)27-2/h4-6,8-17H,1-2H3/b8-4+. The Bertz CT molecular complexity index is 1020. The lowest BCUT2D eigenvalue weighted by Gasteiger charge is -2.06. The largest absolute Gasteiger partial charge is 0.464 e. The van der Waals surface area contributed by atoms with E-state index < -0.39 is 5.97 Å². The minimum absolute atomic E-state index is 0.269. The Hall–Kier alpha value is -3.64. The average Bonchev–Trinajstić information content (AvgIpc) is 2.72. The van der Waals surface area contributed by atoms with Crippen LogP contribution in [-0.2, 0) is 4.74 Å². The molecule has 0 amide bonds. The lowest BCUT2D eigenvalue weighted by atomic mass is 9.98. The van der Waals surface area contributed by atoms with Gasteiger partial charge in [-0.1, -0.05) is 65.9 Å². The first-order chi connectivity index (χ1) is 13.2. The molecule has 132 valence electrons. The van der Waals surface area contributed by atoms with Crippen LogP contribution in [0.2, 0.25) is 0 Å². The fourth-order valence-corrected chi connectivity index (χ4v) is 2.59. The van der Waals surface area contributed by atoms with E-state index in [1.165, 1.54) is 23.8 Å². The molecule has 0 fully saturated rings. The summed E-state index contributed by atoms with van der Waals surface area (Å²) in [5.74, 6) is 5.57. The van der Waals surface area contributed by atoms with Crippen LogP contribution < -0.4 is 0 Å². The summed E-state index contributed by atoms with van der Waals surface area (Å²) in [6, 6.07) is 20.1. The van der Waals surface area contributed by atoms with E-state index in [0.29, 0.717) is 0 Å². The molecule has 0 atom stereocenters. The zero-order valence-electron chi connectivity index (χ0n) is 15.3. The van der Waals surface area contributed by atoms with E-state index >= 15 is 0 Å². The highest BCUT2D eigenvalue weighted by atomic mass is 16.5. The smallest absolute Gasteiger partial charge is 0.356 e. The van der Waals surface area contributed by atoms with E-state index in [4.69, 9.17) is 0 Å². The SMILES string of the molecule is COC(=O)c1ccc(C#C/C=C/c2ccccc2-c2ccc(C)cc2)cn1. The molecule has 0 aliphatic carbocycles. The van der Waals surface area contributed by atoms with Crippen LogP contribution in [0, 0.1) is 18.8 Å². The van der Waals surface area contributed by atoms with Crippen molar-refractivity contribution in [3.63, 3.8) is 0 Å². The van der Waals surface area contributed by atoms with Gasteiger partial charge in [0.25, 0.3) is 0 Å². The molecular weight excluding hydrogens is 334 g/mol. The Morgan fingerprint density at radius 2 is 1.81 bits per heavy atom. The number of allylic oxidation sites excluding steroid dienone is 1.